The number of likely N-dealkylation sites (N-methyl/N-ethyl adjacent to an activating group) is 1. The van der Waals surface area contributed by atoms with Crippen LogP contribution in [0.15, 0.2) is 60.1 Å². The van der Waals surface area contributed by atoms with Crippen molar-refractivity contribution < 1.29 is 0 Å². The fraction of sp³-hybridized carbons (Fsp3) is 0.370. The van der Waals surface area contributed by atoms with E-state index in [1.54, 1.807) is 18.1 Å². The number of benzene rings is 1. The van der Waals surface area contributed by atoms with Crippen LogP contribution < -0.4 is 9.80 Å². The van der Waals surface area contributed by atoms with Crippen LogP contribution in [-0.4, -0.2) is 66.5 Å². The Morgan fingerprint density at radius 3 is 2.86 bits per heavy atom. The Kier molecular flexibility index (Phi) is 6.42. The van der Waals surface area contributed by atoms with Gasteiger partial charge in [0.2, 0.25) is 5.16 Å². The lowest BCUT2D eigenvalue weighted by Crippen LogP contribution is -2.51. The molecular weight excluding hydrogens is 482 g/mol. The van der Waals surface area contributed by atoms with Crippen LogP contribution in [0, 0.1) is 12.8 Å². The monoisotopic (exact) mass is 513 g/mol. The quantitative estimate of drug-likeness (QED) is 0.321. The second kappa shape index (κ2) is 10.0. The number of aromatic amines is 1. The number of aryl methyl sites for hydroxylation is 2. The second-order valence-corrected chi connectivity index (χ2v) is 10.8. The molecule has 6 rings (SSSR count). The molecule has 1 aliphatic rings. The van der Waals surface area contributed by atoms with Gasteiger partial charge >= 0.3 is 0 Å². The van der Waals surface area contributed by atoms with Gasteiger partial charge in [0.1, 0.15) is 23.6 Å². The van der Waals surface area contributed by atoms with Gasteiger partial charge in [-0.25, -0.2) is 15.0 Å². The van der Waals surface area contributed by atoms with Gasteiger partial charge in [0, 0.05) is 43.8 Å². The third kappa shape index (κ3) is 4.73. The van der Waals surface area contributed by atoms with Gasteiger partial charge in [-0.1, -0.05) is 49.0 Å². The molecule has 0 amide bonds. The molecule has 10 heteroatoms. The van der Waals surface area contributed by atoms with Crippen LogP contribution in [0.4, 0.5) is 11.6 Å². The maximum Gasteiger partial charge on any atom is 0.255 e. The van der Waals surface area contributed by atoms with E-state index in [9.17, 15) is 0 Å². The summed E-state index contributed by atoms with van der Waals surface area (Å²) >= 11 is 1.68. The van der Waals surface area contributed by atoms with E-state index >= 15 is 0 Å². The number of thioether (sulfide) groups is 1. The van der Waals surface area contributed by atoms with E-state index in [0.717, 1.165) is 65.2 Å². The first-order valence-corrected chi connectivity index (χ1v) is 13.7. The summed E-state index contributed by atoms with van der Waals surface area (Å²) in [7, 11) is 2.14. The summed E-state index contributed by atoms with van der Waals surface area (Å²) in [5, 5.41) is 6.68. The zero-order valence-electron chi connectivity index (χ0n) is 21.4. The molecule has 0 aliphatic carbocycles. The van der Waals surface area contributed by atoms with Crippen molar-refractivity contribution in [1.29, 1.82) is 0 Å². The predicted octanol–water partition coefficient (Wildman–Crippen LogP) is 4.39. The lowest BCUT2D eigenvalue weighted by Gasteiger charge is -2.43. The number of piperidine rings is 1. The van der Waals surface area contributed by atoms with Crippen molar-refractivity contribution in [1.82, 2.24) is 34.5 Å². The number of H-pyrrole nitrogens is 1. The van der Waals surface area contributed by atoms with Crippen LogP contribution >= 0.6 is 11.8 Å². The fourth-order valence-corrected chi connectivity index (χ4v) is 6.00. The lowest BCUT2D eigenvalue weighted by molar-refractivity contribution is 0.365. The summed E-state index contributed by atoms with van der Waals surface area (Å²) < 4.78 is 1.92. The lowest BCUT2D eigenvalue weighted by atomic mass is 9.92. The number of nitrogens with zero attached hydrogens (tertiary/aromatic N) is 8. The van der Waals surface area contributed by atoms with E-state index in [1.165, 1.54) is 5.56 Å². The number of nitrogens with one attached hydrogen (secondary N) is 1. The Morgan fingerprint density at radius 2 is 2.00 bits per heavy atom. The average Bonchev–Trinajstić information content (AvgIpc) is 3.55. The van der Waals surface area contributed by atoms with Crippen LogP contribution in [0.2, 0.25) is 0 Å². The van der Waals surface area contributed by atoms with Gasteiger partial charge in [-0.05, 0) is 37.3 Å². The van der Waals surface area contributed by atoms with E-state index in [-0.39, 0.29) is 6.04 Å². The molecule has 2 atom stereocenters. The van der Waals surface area contributed by atoms with Crippen molar-refractivity contribution >= 4 is 40.2 Å². The number of anilines is 2. The molecule has 9 nitrogen and oxygen atoms in total. The van der Waals surface area contributed by atoms with Crippen LogP contribution in [0.3, 0.4) is 0 Å². The third-order valence-corrected chi connectivity index (χ3v) is 8.11. The van der Waals surface area contributed by atoms with Gasteiger partial charge in [0.05, 0.1) is 11.4 Å². The molecule has 1 N–H and O–H groups in total. The number of hydrogen-bond acceptors (Lipinski definition) is 8. The summed E-state index contributed by atoms with van der Waals surface area (Å²) in [5.74, 6) is 4.10. The molecule has 1 saturated heterocycles. The number of hydrogen-bond donors (Lipinski definition) is 1. The molecule has 1 fully saturated rings. The molecule has 0 unspecified atom stereocenters. The van der Waals surface area contributed by atoms with E-state index in [1.807, 2.05) is 23.7 Å². The number of fused-ring (bicyclic) bond motifs is 2. The molecule has 0 spiro atoms. The van der Waals surface area contributed by atoms with Crippen LogP contribution in [0.1, 0.15) is 24.6 Å². The molecule has 190 valence electrons. The first-order valence-electron chi connectivity index (χ1n) is 12.7. The van der Waals surface area contributed by atoms with Crippen molar-refractivity contribution in [2.24, 2.45) is 5.92 Å². The van der Waals surface area contributed by atoms with Gasteiger partial charge < -0.3 is 14.8 Å². The zero-order valence-corrected chi connectivity index (χ0v) is 22.2. The molecular formula is C27H31N9S. The van der Waals surface area contributed by atoms with E-state index in [4.69, 9.17) is 10.1 Å². The van der Waals surface area contributed by atoms with Gasteiger partial charge in [0.25, 0.3) is 5.78 Å². The Labute approximate surface area is 220 Å². The molecule has 0 radical (unpaired) electrons. The molecule has 5 aromatic rings. The molecule has 37 heavy (non-hydrogen) atoms. The van der Waals surface area contributed by atoms with Gasteiger partial charge in [0.15, 0.2) is 0 Å². The summed E-state index contributed by atoms with van der Waals surface area (Å²) in [6.45, 7) is 6.19. The first kappa shape index (κ1) is 23.7. The van der Waals surface area contributed by atoms with Crippen molar-refractivity contribution in [3.63, 3.8) is 0 Å². The highest BCUT2D eigenvalue weighted by atomic mass is 32.2. The number of aromatic nitrogens is 7. The van der Waals surface area contributed by atoms with E-state index in [2.05, 4.69) is 80.1 Å². The standard InChI is InChI=1S/C27H31N9S/c1-18-10-13-35(16-22(18)34(3)25-21-9-12-28-24(21)29-17-30-25)23-15-19(2)31-26-32-27(33-36(23)26)37-14-11-20-7-5-4-6-8-20/h4-9,12,15,17-18,22H,10-11,13-14,16H2,1-3H3,(H,28,29,30)/t18-,22+/m1/s1. The zero-order chi connectivity index (χ0) is 25.4. The molecule has 4 aromatic heterocycles. The average molecular weight is 514 g/mol. The summed E-state index contributed by atoms with van der Waals surface area (Å²) in [5.41, 5.74) is 3.14. The Morgan fingerprint density at radius 1 is 1.14 bits per heavy atom. The molecule has 5 heterocycles. The maximum absolute atomic E-state index is 4.87. The largest absolute Gasteiger partial charge is 0.354 e. The van der Waals surface area contributed by atoms with Crippen molar-refractivity contribution in [3.8, 4) is 0 Å². The van der Waals surface area contributed by atoms with Crippen LogP contribution in [-0.2, 0) is 6.42 Å². The summed E-state index contributed by atoms with van der Waals surface area (Å²) in [4.78, 5) is 26.4. The first-order chi connectivity index (χ1) is 18.1. The minimum absolute atomic E-state index is 0.286. The van der Waals surface area contributed by atoms with Crippen molar-refractivity contribution in [2.75, 3.05) is 35.7 Å². The minimum Gasteiger partial charge on any atom is -0.354 e. The smallest absolute Gasteiger partial charge is 0.255 e. The molecule has 0 saturated carbocycles. The third-order valence-electron chi connectivity index (χ3n) is 7.27. The molecule has 1 aromatic carbocycles. The van der Waals surface area contributed by atoms with Crippen LogP contribution in [0.25, 0.3) is 16.8 Å². The highest BCUT2D eigenvalue weighted by Crippen LogP contribution is 2.31. The van der Waals surface area contributed by atoms with E-state index in [0.29, 0.717) is 11.7 Å². The van der Waals surface area contributed by atoms with Crippen molar-refractivity contribution in [3.05, 3.63) is 66.2 Å². The topological polar surface area (TPSA) is 91.1 Å². The Hall–Kier alpha value is -3.66. The normalized spacial score (nSPS) is 18.1. The SMILES string of the molecule is Cc1cc(N2CC[C@@H](C)[C@@H](N(C)c3ncnc4[nH]ccc34)C2)n2nc(SCCc3ccccc3)nc2n1. The van der Waals surface area contributed by atoms with Gasteiger partial charge in [-0.2, -0.15) is 9.50 Å². The van der Waals surface area contributed by atoms with Gasteiger partial charge in [-0.15, -0.1) is 5.10 Å². The second-order valence-electron chi connectivity index (χ2n) is 9.77. The van der Waals surface area contributed by atoms with Crippen molar-refractivity contribution in [2.45, 2.75) is 37.9 Å². The molecule has 1 aliphatic heterocycles. The maximum atomic E-state index is 4.87. The fourth-order valence-electron chi connectivity index (χ4n) is 5.20. The Balaban J connectivity index is 1.24. The highest BCUT2D eigenvalue weighted by molar-refractivity contribution is 7.99. The van der Waals surface area contributed by atoms with Crippen LogP contribution in [0.5, 0.6) is 0 Å². The minimum atomic E-state index is 0.286. The predicted molar refractivity (Wildman–Crippen MR) is 148 cm³/mol. The Bertz CT molecular complexity index is 1510. The highest BCUT2D eigenvalue weighted by Gasteiger charge is 2.32. The molecule has 0 bridgehead atoms. The van der Waals surface area contributed by atoms with E-state index < -0.39 is 0 Å². The number of rotatable bonds is 7. The summed E-state index contributed by atoms with van der Waals surface area (Å²) in [6.07, 6.45) is 5.62. The van der Waals surface area contributed by atoms with Gasteiger partial charge in [-0.3, -0.25) is 0 Å². The summed E-state index contributed by atoms with van der Waals surface area (Å²) in [6, 6.07) is 15.0.